The van der Waals surface area contributed by atoms with Crippen LogP contribution in [-0.2, 0) is 9.59 Å². The summed E-state index contributed by atoms with van der Waals surface area (Å²) < 4.78 is 10.7. The van der Waals surface area contributed by atoms with Crippen LogP contribution in [0.1, 0.15) is 13.3 Å². The quantitative estimate of drug-likeness (QED) is 0.855. The minimum atomic E-state index is -0.539. The number of hydrogen-bond donors (Lipinski definition) is 1. The first-order valence-corrected chi connectivity index (χ1v) is 9.83. The highest BCUT2D eigenvalue weighted by molar-refractivity contribution is 8.15. The van der Waals surface area contributed by atoms with Gasteiger partial charge in [-0.1, -0.05) is 30.0 Å². The summed E-state index contributed by atoms with van der Waals surface area (Å²) in [6.07, 6.45) is 0.136. The lowest BCUT2D eigenvalue weighted by Crippen LogP contribution is -2.45. The summed E-state index contributed by atoms with van der Waals surface area (Å²) in [5, 5.41) is 2.83. The van der Waals surface area contributed by atoms with E-state index in [1.165, 1.54) is 11.8 Å². The smallest absolute Gasteiger partial charge is 0.238 e. The van der Waals surface area contributed by atoms with Crippen molar-refractivity contribution in [1.29, 1.82) is 0 Å². The number of amidine groups is 1. The molecule has 2 heterocycles. The van der Waals surface area contributed by atoms with Gasteiger partial charge >= 0.3 is 0 Å². The second kappa shape index (κ2) is 7.93. The van der Waals surface area contributed by atoms with Gasteiger partial charge in [-0.3, -0.25) is 14.5 Å². The van der Waals surface area contributed by atoms with Crippen LogP contribution in [0, 0.1) is 0 Å². The van der Waals surface area contributed by atoms with Crippen LogP contribution in [0.25, 0.3) is 0 Å². The molecule has 0 aliphatic carbocycles. The van der Waals surface area contributed by atoms with Gasteiger partial charge in [-0.15, -0.1) is 0 Å². The molecule has 2 aromatic carbocycles. The third kappa shape index (κ3) is 3.82. The summed E-state index contributed by atoms with van der Waals surface area (Å²) >= 11 is 1.29. The lowest BCUT2D eigenvalue weighted by atomic mass is 10.2. The number of ether oxygens (including phenoxy) is 2. The van der Waals surface area contributed by atoms with Gasteiger partial charge in [0, 0.05) is 24.7 Å². The average Bonchev–Trinajstić information content (AvgIpc) is 3.16. The number of nitrogens with one attached hydrogen (secondary N) is 1. The molecule has 2 aliphatic heterocycles. The Morgan fingerprint density at radius 2 is 2.00 bits per heavy atom. The molecule has 1 N–H and O–H groups in total. The van der Waals surface area contributed by atoms with Crippen molar-refractivity contribution >= 4 is 40.1 Å². The lowest BCUT2D eigenvalue weighted by Gasteiger charge is -2.30. The molecule has 2 amide bonds. The fraction of sp³-hybridized carbons (Fsp3) is 0.250. The number of aliphatic imine (C=N–C) groups is 1. The van der Waals surface area contributed by atoms with E-state index in [-0.39, 0.29) is 25.0 Å². The van der Waals surface area contributed by atoms with E-state index in [4.69, 9.17) is 9.47 Å². The number of carbonyl (C=O) groups is 2. The van der Waals surface area contributed by atoms with Gasteiger partial charge in [0.2, 0.25) is 18.6 Å². The molecule has 0 spiro atoms. The van der Waals surface area contributed by atoms with Crippen LogP contribution < -0.4 is 14.8 Å². The van der Waals surface area contributed by atoms with E-state index in [0.29, 0.717) is 34.6 Å². The first kappa shape index (κ1) is 18.4. The zero-order chi connectivity index (χ0) is 19.5. The molecular formula is C20H19N3O4S. The van der Waals surface area contributed by atoms with E-state index >= 15 is 0 Å². The predicted molar refractivity (Wildman–Crippen MR) is 108 cm³/mol. The monoisotopic (exact) mass is 397 g/mol. The molecule has 0 radical (unpaired) electrons. The molecule has 2 aromatic rings. The standard InChI is InChI=1S/C20H19N3O4S/c1-2-23-18(24)11-17(19(25)21-13-6-4-3-5-7-13)28-20(23)22-14-8-9-15-16(10-14)27-12-26-15/h3-10,17H,2,11-12H2,1H3,(H,21,25). The molecule has 144 valence electrons. The Labute approximate surface area is 166 Å². The second-order valence-corrected chi connectivity index (χ2v) is 7.41. The Kier molecular flexibility index (Phi) is 5.21. The number of fused-ring (bicyclic) bond motifs is 1. The van der Waals surface area contributed by atoms with Crippen molar-refractivity contribution in [2.24, 2.45) is 4.99 Å². The Bertz CT molecular complexity index is 932. The molecule has 1 unspecified atom stereocenters. The summed E-state index contributed by atoms with van der Waals surface area (Å²) in [5.74, 6) is 0.965. The van der Waals surface area contributed by atoms with Crippen LogP contribution in [0.5, 0.6) is 11.5 Å². The third-order valence-electron chi connectivity index (χ3n) is 4.37. The van der Waals surface area contributed by atoms with Crippen LogP contribution in [0.4, 0.5) is 11.4 Å². The Morgan fingerprint density at radius 3 is 2.79 bits per heavy atom. The van der Waals surface area contributed by atoms with Crippen molar-refractivity contribution < 1.29 is 19.1 Å². The van der Waals surface area contributed by atoms with Gasteiger partial charge in [0.15, 0.2) is 16.7 Å². The van der Waals surface area contributed by atoms with Gasteiger partial charge in [0.1, 0.15) is 5.25 Å². The maximum Gasteiger partial charge on any atom is 0.238 e. The highest BCUT2D eigenvalue weighted by atomic mass is 32.2. The molecule has 0 bridgehead atoms. The molecule has 28 heavy (non-hydrogen) atoms. The highest BCUT2D eigenvalue weighted by Gasteiger charge is 2.35. The maximum atomic E-state index is 12.7. The van der Waals surface area contributed by atoms with E-state index in [0.717, 1.165) is 0 Å². The fourth-order valence-corrected chi connectivity index (χ4v) is 4.12. The molecule has 1 saturated heterocycles. The summed E-state index contributed by atoms with van der Waals surface area (Å²) in [5.41, 5.74) is 1.34. The number of rotatable bonds is 4. The number of thioether (sulfide) groups is 1. The van der Waals surface area contributed by atoms with Gasteiger partial charge < -0.3 is 14.8 Å². The normalized spacial score (nSPS) is 19.8. The maximum absolute atomic E-state index is 12.7. The van der Waals surface area contributed by atoms with Crippen molar-refractivity contribution in [2.75, 3.05) is 18.7 Å². The van der Waals surface area contributed by atoms with Crippen molar-refractivity contribution in [3.63, 3.8) is 0 Å². The van der Waals surface area contributed by atoms with E-state index < -0.39 is 5.25 Å². The van der Waals surface area contributed by atoms with Crippen LogP contribution in [0.3, 0.4) is 0 Å². The highest BCUT2D eigenvalue weighted by Crippen LogP contribution is 2.36. The van der Waals surface area contributed by atoms with Gasteiger partial charge in [-0.05, 0) is 31.2 Å². The van der Waals surface area contributed by atoms with E-state index in [2.05, 4.69) is 10.3 Å². The largest absolute Gasteiger partial charge is 0.454 e. The number of nitrogens with zero attached hydrogens (tertiary/aromatic N) is 2. The van der Waals surface area contributed by atoms with Crippen LogP contribution >= 0.6 is 11.8 Å². The number of benzene rings is 2. The molecule has 0 saturated carbocycles. The van der Waals surface area contributed by atoms with E-state index in [1.807, 2.05) is 37.3 Å². The molecule has 4 rings (SSSR count). The first-order valence-electron chi connectivity index (χ1n) is 8.95. The third-order valence-corrected chi connectivity index (χ3v) is 5.56. The Balaban J connectivity index is 1.56. The summed E-state index contributed by atoms with van der Waals surface area (Å²) in [6, 6.07) is 14.5. The van der Waals surface area contributed by atoms with E-state index in [9.17, 15) is 9.59 Å². The molecule has 2 aliphatic rings. The zero-order valence-corrected chi connectivity index (χ0v) is 16.1. The lowest BCUT2D eigenvalue weighted by molar-refractivity contribution is -0.129. The number of hydrogen-bond acceptors (Lipinski definition) is 6. The number of anilines is 1. The predicted octanol–water partition coefficient (Wildman–Crippen LogP) is 3.40. The second-order valence-electron chi connectivity index (χ2n) is 6.24. The van der Waals surface area contributed by atoms with Gasteiger partial charge in [-0.25, -0.2) is 4.99 Å². The van der Waals surface area contributed by atoms with Crippen LogP contribution in [-0.4, -0.2) is 40.5 Å². The Hall–Kier alpha value is -3.00. The van der Waals surface area contributed by atoms with Crippen LogP contribution in [0.2, 0.25) is 0 Å². The average molecular weight is 397 g/mol. The summed E-state index contributed by atoms with van der Waals surface area (Å²) in [7, 11) is 0. The minimum Gasteiger partial charge on any atom is -0.454 e. The van der Waals surface area contributed by atoms with Crippen molar-refractivity contribution in [3.8, 4) is 11.5 Å². The summed E-state index contributed by atoms with van der Waals surface area (Å²) in [4.78, 5) is 31.5. The Morgan fingerprint density at radius 1 is 1.21 bits per heavy atom. The fourth-order valence-electron chi connectivity index (χ4n) is 2.96. The molecule has 0 aromatic heterocycles. The van der Waals surface area contributed by atoms with Gasteiger partial charge in [0.25, 0.3) is 0 Å². The minimum absolute atomic E-state index is 0.117. The van der Waals surface area contributed by atoms with Crippen molar-refractivity contribution in [3.05, 3.63) is 48.5 Å². The van der Waals surface area contributed by atoms with Crippen molar-refractivity contribution in [2.45, 2.75) is 18.6 Å². The van der Waals surface area contributed by atoms with Gasteiger partial charge in [0.05, 0.1) is 5.69 Å². The zero-order valence-electron chi connectivity index (χ0n) is 15.3. The topological polar surface area (TPSA) is 80.2 Å². The molecular weight excluding hydrogens is 378 g/mol. The summed E-state index contributed by atoms with van der Waals surface area (Å²) in [6.45, 7) is 2.56. The van der Waals surface area contributed by atoms with Gasteiger partial charge in [-0.2, -0.15) is 0 Å². The number of para-hydroxylation sites is 1. The van der Waals surface area contributed by atoms with E-state index in [1.54, 1.807) is 23.1 Å². The number of carbonyl (C=O) groups excluding carboxylic acids is 2. The van der Waals surface area contributed by atoms with Crippen LogP contribution in [0.15, 0.2) is 53.5 Å². The molecule has 8 heteroatoms. The molecule has 7 nitrogen and oxygen atoms in total. The first-order chi connectivity index (χ1) is 13.6. The SMILES string of the molecule is CCN1C(=O)CC(C(=O)Nc2ccccc2)SC1=Nc1ccc2c(c1)OCO2. The van der Waals surface area contributed by atoms with Crippen molar-refractivity contribution in [1.82, 2.24) is 4.90 Å². The molecule has 1 fully saturated rings. The molecule has 1 atom stereocenters. The number of amides is 2.